The summed E-state index contributed by atoms with van der Waals surface area (Å²) in [5, 5.41) is 3.43. The summed E-state index contributed by atoms with van der Waals surface area (Å²) >= 11 is 0. The molecule has 1 saturated heterocycles. The van der Waals surface area contributed by atoms with Crippen LogP contribution in [0.3, 0.4) is 0 Å². The average Bonchev–Trinajstić information content (AvgIpc) is 3.33. The van der Waals surface area contributed by atoms with Gasteiger partial charge in [0.2, 0.25) is 23.8 Å². The zero-order valence-electron chi connectivity index (χ0n) is 22.6. The number of likely N-dealkylation sites (N-methyl/N-ethyl adjacent to an activating group) is 2. The number of aromatic nitrogens is 5. The molecule has 210 valence electrons. The lowest BCUT2D eigenvalue weighted by atomic mass is 9.90. The van der Waals surface area contributed by atoms with Crippen molar-refractivity contribution >= 4 is 28.8 Å². The molecule has 0 spiro atoms. The Bertz CT molecular complexity index is 1290. The van der Waals surface area contributed by atoms with Gasteiger partial charge in [-0.2, -0.15) is 15.0 Å². The van der Waals surface area contributed by atoms with Crippen molar-refractivity contribution in [1.82, 2.24) is 34.3 Å². The van der Waals surface area contributed by atoms with Crippen LogP contribution in [0, 0.1) is 0 Å². The Labute approximate surface area is 226 Å². The van der Waals surface area contributed by atoms with Gasteiger partial charge in [-0.15, -0.1) is 0 Å². The van der Waals surface area contributed by atoms with Gasteiger partial charge in [0.15, 0.2) is 5.82 Å². The number of imidazole rings is 1. The molecule has 11 nitrogen and oxygen atoms in total. The van der Waals surface area contributed by atoms with Crippen molar-refractivity contribution in [2.24, 2.45) is 0 Å². The number of para-hydroxylation sites is 2. The molecular formula is C26H35F2N9O2. The van der Waals surface area contributed by atoms with Crippen molar-refractivity contribution in [1.29, 1.82) is 0 Å². The van der Waals surface area contributed by atoms with Gasteiger partial charge in [0.25, 0.3) is 6.43 Å². The Morgan fingerprint density at radius 3 is 2.41 bits per heavy atom. The summed E-state index contributed by atoms with van der Waals surface area (Å²) in [4.78, 5) is 36.2. The number of hydrogen-bond acceptors (Lipinski definition) is 9. The molecule has 2 fully saturated rings. The van der Waals surface area contributed by atoms with Crippen LogP contribution in [0.5, 0.6) is 0 Å². The summed E-state index contributed by atoms with van der Waals surface area (Å²) in [5.74, 6) is 0.537. The summed E-state index contributed by atoms with van der Waals surface area (Å²) in [5.41, 5.74) is 0.950. The molecule has 39 heavy (non-hydrogen) atoms. The number of rotatable bonds is 8. The Balaban J connectivity index is 1.41. The second-order valence-corrected chi connectivity index (χ2v) is 10.3. The molecule has 0 unspecified atom stereocenters. The number of carbonyl (C=O) groups excluding carboxylic acids is 1. The van der Waals surface area contributed by atoms with E-state index >= 15 is 0 Å². The van der Waals surface area contributed by atoms with Crippen molar-refractivity contribution in [2.75, 3.05) is 64.2 Å². The lowest BCUT2D eigenvalue weighted by Crippen LogP contribution is -2.44. The fourth-order valence-electron chi connectivity index (χ4n) is 5.20. The number of carbonyl (C=O) groups is 1. The number of alkyl halides is 2. The number of halogens is 2. The van der Waals surface area contributed by atoms with E-state index in [1.165, 1.54) is 4.57 Å². The van der Waals surface area contributed by atoms with Crippen LogP contribution in [-0.4, -0.2) is 106 Å². The fraction of sp³-hybridized carbons (Fsp3) is 0.577. The van der Waals surface area contributed by atoms with Gasteiger partial charge in [0.05, 0.1) is 30.8 Å². The van der Waals surface area contributed by atoms with Crippen LogP contribution in [0.15, 0.2) is 24.3 Å². The first-order valence-electron chi connectivity index (χ1n) is 13.3. The molecule has 13 heteroatoms. The van der Waals surface area contributed by atoms with E-state index in [1.54, 1.807) is 24.3 Å². The van der Waals surface area contributed by atoms with Gasteiger partial charge in [0, 0.05) is 32.2 Å². The van der Waals surface area contributed by atoms with Crippen LogP contribution < -0.4 is 10.2 Å². The lowest BCUT2D eigenvalue weighted by Gasteiger charge is -2.35. The van der Waals surface area contributed by atoms with Crippen LogP contribution in [0.25, 0.3) is 17.0 Å². The number of fused-ring (bicyclic) bond motifs is 1. The summed E-state index contributed by atoms with van der Waals surface area (Å²) in [7, 11) is 5.64. The van der Waals surface area contributed by atoms with Crippen LogP contribution in [0.4, 0.5) is 20.7 Å². The predicted octanol–water partition coefficient (Wildman–Crippen LogP) is 2.73. The number of ether oxygens (including phenoxy) is 1. The first kappa shape index (κ1) is 27.1. The number of hydrogen-bond donors (Lipinski definition) is 1. The standard InChI is InChI=1S/C26H35F2N9O2/c1-34(2)16-21(38)35(3)18-10-8-17(9-11-18)29-24-31-25(36-12-14-39-15-13-36)33-26(32-24)37-20-7-5-4-6-19(20)30-23(37)22(27)28/h4-7,17-18,22H,8-16H2,1-3H3,(H,29,31,32,33)/t17-,18-. The normalized spacial score (nSPS) is 20.1. The van der Waals surface area contributed by atoms with E-state index in [-0.39, 0.29) is 23.9 Å². The Kier molecular flexibility index (Phi) is 8.17. The monoisotopic (exact) mass is 543 g/mol. The van der Waals surface area contributed by atoms with Crippen LogP contribution in [0.2, 0.25) is 0 Å². The van der Waals surface area contributed by atoms with E-state index in [9.17, 15) is 13.6 Å². The third-order valence-electron chi connectivity index (χ3n) is 7.31. The Morgan fingerprint density at radius 1 is 1.03 bits per heavy atom. The Hall–Kier alpha value is -3.45. The third-order valence-corrected chi connectivity index (χ3v) is 7.31. The highest BCUT2D eigenvalue weighted by atomic mass is 19.3. The average molecular weight is 544 g/mol. The molecule has 1 aromatic carbocycles. The summed E-state index contributed by atoms with van der Waals surface area (Å²) in [6.07, 6.45) is 0.551. The molecule has 1 saturated carbocycles. The van der Waals surface area contributed by atoms with Crippen molar-refractivity contribution in [3.8, 4) is 5.95 Å². The number of morpholine rings is 1. The highest BCUT2D eigenvalue weighted by Crippen LogP contribution is 2.29. The molecule has 5 rings (SSSR count). The minimum absolute atomic E-state index is 0.0838. The topological polar surface area (TPSA) is 105 Å². The molecule has 3 heterocycles. The second kappa shape index (κ2) is 11.7. The molecule has 0 radical (unpaired) electrons. The zero-order chi connectivity index (χ0) is 27.5. The van der Waals surface area contributed by atoms with Crippen LogP contribution in [-0.2, 0) is 9.53 Å². The molecule has 1 aliphatic carbocycles. The zero-order valence-corrected chi connectivity index (χ0v) is 22.6. The number of amides is 1. The number of nitrogens with zero attached hydrogens (tertiary/aromatic N) is 8. The molecule has 2 aliphatic rings. The first-order chi connectivity index (χ1) is 18.8. The maximum Gasteiger partial charge on any atom is 0.296 e. The predicted molar refractivity (Wildman–Crippen MR) is 143 cm³/mol. The van der Waals surface area contributed by atoms with Gasteiger partial charge < -0.3 is 24.8 Å². The van der Waals surface area contributed by atoms with Gasteiger partial charge in [-0.1, -0.05) is 12.1 Å². The van der Waals surface area contributed by atoms with E-state index in [4.69, 9.17) is 4.74 Å². The minimum atomic E-state index is -2.81. The molecule has 1 aliphatic heterocycles. The molecule has 1 N–H and O–H groups in total. The van der Waals surface area contributed by atoms with Gasteiger partial charge >= 0.3 is 0 Å². The van der Waals surface area contributed by atoms with Gasteiger partial charge in [-0.25, -0.2) is 13.8 Å². The van der Waals surface area contributed by atoms with Crippen molar-refractivity contribution < 1.29 is 18.3 Å². The summed E-state index contributed by atoms with van der Waals surface area (Å²) in [6, 6.07) is 7.22. The van der Waals surface area contributed by atoms with Crippen LogP contribution in [0.1, 0.15) is 37.9 Å². The number of anilines is 2. The van der Waals surface area contributed by atoms with E-state index in [2.05, 4.69) is 25.3 Å². The van der Waals surface area contributed by atoms with Gasteiger partial charge in [0.1, 0.15) is 0 Å². The van der Waals surface area contributed by atoms with Gasteiger partial charge in [-0.3, -0.25) is 9.36 Å². The quantitative estimate of drug-likeness (QED) is 0.459. The lowest BCUT2D eigenvalue weighted by molar-refractivity contribution is -0.133. The fourth-order valence-corrected chi connectivity index (χ4v) is 5.20. The van der Waals surface area contributed by atoms with E-state index < -0.39 is 12.2 Å². The molecular weight excluding hydrogens is 508 g/mol. The summed E-state index contributed by atoms with van der Waals surface area (Å²) < 4.78 is 35.0. The van der Waals surface area contributed by atoms with Gasteiger partial charge in [-0.05, 0) is 51.9 Å². The smallest absolute Gasteiger partial charge is 0.296 e. The second-order valence-electron chi connectivity index (χ2n) is 10.3. The van der Waals surface area contributed by atoms with Crippen molar-refractivity contribution in [3.63, 3.8) is 0 Å². The highest BCUT2D eigenvalue weighted by Gasteiger charge is 2.28. The maximum absolute atomic E-state index is 14.1. The molecule has 0 bridgehead atoms. The minimum Gasteiger partial charge on any atom is -0.378 e. The van der Waals surface area contributed by atoms with E-state index in [0.29, 0.717) is 55.8 Å². The molecule has 2 aromatic heterocycles. The SMILES string of the molecule is CN(C)CC(=O)N(C)[C@H]1CC[C@H](Nc2nc(N3CCOCC3)nc(-n3c(C(F)F)nc4ccccc43)n2)CC1. The van der Waals surface area contributed by atoms with E-state index in [1.807, 2.05) is 35.8 Å². The summed E-state index contributed by atoms with van der Waals surface area (Å²) in [6.45, 7) is 2.63. The van der Waals surface area contributed by atoms with Crippen molar-refractivity contribution in [2.45, 2.75) is 44.2 Å². The Morgan fingerprint density at radius 2 is 1.72 bits per heavy atom. The number of nitrogens with one attached hydrogen (secondary N) is 1. The van der Waals surface area contributed by atoms with E-state index in [0.717, 1.165) is 25.7 Å². The largest absolute Gasteiger partial charge is 0.378 e. The van der Waals surface area contributed by atoms with Crippen LogP contribution >= 0.6 is 0 Å². The molecule has 1 amide bonds. The number of benzene rings is 1. The third kappa shape index (κ3) is 6.09. The first-order valence-corrected chi connectivity index (χ1v) is 13.3. The molecule has 0 atom stereocenters. The van der Waals surface area contributed by atoms with Crippen molar-refractivity contribution in [3.05, 3.63) is 30.1 Å². The molecule has 3 aromatic rings. The maximum atomic E-state index is 14.1. The highest BCUT2D eigenvalue weighted by molar-refractivity contribution is 5.78.